The first-order valence-corrected chi connectivity index (χ1v) is 9.62. The molecule has 0 saturated heterocycles. The molecular weight excluding hydrogens is 348 g/mol. The molecule has 1 aliphatic carbocycles. The minimum absolute atomic E-state index is 0.0355. The summed E-state index contributed by atoms with van der Waals surface area (Å²) in [6, 6.07) is 10.8. The molecule has 0 bridgehead atoms. The maximum atomic E-state index is 11.7. The van der Waals surface area contributed by atoms with Gasteiger partial charge >= 0.3 is 0 Å². The fourth-order valence-corrected chi connectivity index (χ4v) is 3.52. The van der Waals surface area contributed by atoms with E-state index in [2.05, 4.69) is 49.7 Å². The highest BCUT2D eigenvalue weighted by atomic mass is 16.5. The lowest BCUT2D eigenvalue weighted by atomic mass is 10.0. The SMILES string of the molecule is C=C1C=C(C(=C)NCCC2CC2Cc2ccc(C)cc2)OC(C(C)=O)=C1C#N. The van der Waals surface area contributed by atoms with Gasteiger partial charge in [-0.1, -0.05) is 43.0 Å². The second-order valence-electron chi connectivity index (χ2n) is 7.65. The van der Waals surface area contributed by atoms with Crippen LogP contribution in [0, 0.1) is 30.1 Å². The van der Waals surface area contributed by atoms with Gasteiger partial charge in [0.05, 0.1) is 5.70 Å². The Balaban J connectivity index is 1.45. The third-order valence-corrected chi connectivity index (χ3v) is 5.34. The van der Waals surface area contributed by atoms with Crippen LogP contribution in [-0.2, 0) is 16.0 Å². The number of ether oxygens (including phenoxy) is 1. The van der Waals surface area contributed by atoms with Crippen LogP contribution >= 0.6 is 0 Å². The molecule has 0 spiro atoms. The van der Waals surface area contributed by atoms with Crippen LogP contribution < -0.4 is 5.32 Å². The van der Waals surface area contributed by atoms with Crippen molar-refractivity contribution in [1.29, 1.82) is 5.26 Å². The number of nitrogens with zero attached hydrogens (tertiary/aromatic N) is 1. The first-order chi connectivity index (χ1) is 13.4. The molecule has 0 amide bonds. The Kier molecular flexibility index (Phi) is 5.84. The minimum atomic E-state index is -0.298. The summed E-state index contributed by atoms with van der Waals surface area (Å²) in [5, 5.41) is 12.5. The number of carbonyl (C=O) groups is 1. The first kappa shape index (κ1) is 19.7. The third kappa shape index (κ3) is 4.61. The molecule has 4 heteroatoms. The van der Waals surface area contributed by atoms with Gasteiger partial charge in [-0.15, -0.1) is 0 Å². The number of allylic oxidation sites excluding steroid dienone is 4. The van der Waals surface area contributed by atoms with E-state index in [0.717, 1.165) is 31.2 Å². The smallest absolute Gasteiger partial charge is 0.196 e. The molecular formula is C24H26N2O2. The Bertz CT molecular complexity index is 913. The quantitative estimate of drug-likeness (QED) is 0.727. The predicted octanol–water partition coefficient (Wildman–Crippen LogP) is 4.50. The summed E-state index contributed by atoms with van der Waals surface area (Å²) >= 11 is 0. The van der Waals surface area contributed by atoms with Crippen molar-refractivity contribution in [3.05, 3.63) is 83.0 Å². The Labute approximate surface area is 166 Å². The summed E-state index contributed by atoms with van der Waals surface area (Å²) < 4.78 is 5.61. The normalized spacial score (nSPS) is 20.8. The van der Waals surface area contributed by atoms with Gasteiger partial charge in [0, 0.05) is 13.5 Å². The van der Waals surface area contributed by atoms with Gasteiger partial charge in [0.2, 0.25) is 0 Å². The monoisotopic (exact) mass is 374 g/mol. The Morgan fingerprint density at radius 1 is 1.32 bits per heavy atom. The molecule has 1 aromatic carbocycles. The average Bonchev–Trinajstić information content (AvgIpc) is 3.40. The number of aryl methyl sites for hydroxylation is 1. The molecule has 144 valence electrons. The summed E-state index contributed by atoms with van der Waals surface area (Å²) in [6.45, 7) is 12.1. The zero-order valence-corrected chi connectivity index (χ0v) is 16.5. The van der Waals surface area contributed by atoms with Gasteiger partial charge in [0.15, 0.2) is 17.3 Å². The molecule has 3 rings (SSSR count). The van der Waals surface area contributed by atoms with Crippen molar-refractivity contribution in [3.63, 3.8) is 0 Å². The second kappa shape index (κ2) is 8.31. The van der Waals surface area contributed by atoms with E-state index in [1.54, 1.807) is 6.08 Å². The molecule has 1 heterocycles. The molecule has 0 radical (unpaired) electrons. The average molecular weight is 374 g/mol. The van der Waals surface area contributed by atoms with E-state index in [0.29, 0.717) is 17.0 Å². The van der Waals surface area contributed by atoms with E-state index < -0.39 is 0 Å². The first-order valence-electron chi connectivity index (χ1n) is 9.62. The molecule has 1 saturated carbocycles. The van der Waals surface area contributed by atoms with Gasteiger partial charge in [-0.05, 0) is 55.2 Å². The highest BCUT2D eigenvalue weighted by Gasteiger charge is 2.36. The molecule has 2 aliphatic rings. The minimum Gasteiger partial charge on any atom is -0.450 e. The molecule has 1 fully saturated rings. The van der Waals surface area contributed by atoms with Crippen LogP contribution in [0.15, 0.2) is 71.9 Å². The van der Waals surface area contributed by atoms with Crippen molar-refractivity contribution in [3.8, 4) is 6.07 Å². The molecule has 0 aromatic heterocycles. The van der Waals surface area contributed by atoms with Gasteiger partial charge < -0.3 is 10.1 Å². The lowest BCUT2D eigenvalue weighted by Gasteiger charge is -2.20. The maximum absolute atomic E-state index is 11.7. The number of benzene rings is 1. The van der Waals surface area contributed by atoms with Gasteiger partial charge in [0.1, 0.15) is 11.6 Å². The van der Waals surface area contributed by atoms with Crippen molar-refractivity contribution in [2.75, 3.05) is 6.54 Å². The van der Waals surface area contributed by atoms with E-state index in [1.807, 2.05) is 6.07 Å². The number of Topliss-reactive ketones (excluding diaryl/α,β-unsaturated/α-hetero) is 1. The molecule has 1 aromatic rings. The molecule has 1 aliphatic heterocycles. The number of nitrogens with one attached hydrogen (secondary N) is 1. The number of carbonyl (C=O) groups excluding carboxylic acids is 1. The number of ketones is 1. The molecule has 4 nitrogen and oxygen atoms in total. The van der Waals surface area contributed by atoms with E-state index in [9.17, 15) is 10.1 Å². The summed E-state index contributed by atoms with van der Waals surface area (Å²) in [4.78, 5) is 11.7. The number of hydrogen-bond acceptors (Lipinski definition) is 4. The Hall–Kier alpha value is -3.06. The van der Waals surface area contributed by atoms with Crippen LogP contribution in [-0.4, -0.2) is 12.3 Å². The van der Waals surface area contributed by atoms with Crippen molar-refractivity contribution in [2.45, 2.75) is 33.1 Å². The van der Waals surface area contributed by atoms with Crippen molar-refractivity contribution >= 4 is 5.78 Å². The highest BCUT2D eigenvalue weighted by molar-refractivity contribution is 5.94. The fraction of sp³-hybridized carbons (Fsp3) is 0.333. The lowest BCUT2D eigenvalue weighted by Crippen LogP contribution is -2.20. The Morgan fingerprint density at radius 2 is 2.04 bits per heavy atom. The summed E-state index contributed by atoms with van der Waals surface area (Å²) in [5.41, 5.74) is 3.96. The standard InChI is InChI=1S/C24H26N2O2/c1-15-5-7-19(8-6-15)12-21-13-20(21)9-10-26-17(3)23-11-16(2)22(14-25)24(28-23)18(4)27/h5-8,11,20-21,26H,2-3,9-10,12-13H2,1,4H3. The van der Waals surface area contributed by atoms with Crippen LogP contribution in [0.4, 0.5) is 0 Å². The largest absolute Gasteiger partial charge is 0.450 e. The lowest BCUT2D eigenvalue weighted by molar-refractivity contribution is -0.116. The van der Waals surface area contributed by atoms with E-state index in [4.69, 9.17) is 4.74 Å². The summed E-state index contributed by atoms with van der Waals surface area (Å²) in [6.07, 6.45) is 5.13. The maximum Gasteiger partial charge on any atom is 0.196 e. The van der Waals surface area contributed by atoms with Crippen LogP contribution in [0.2, 0.25) is 0 Å². The van der Waals surface area contributed by atoms with Gasteiger partial charge in [-0.25, -0.2) is 0 Å². The fourth-order valence-electron chi connectivity index (χ4n) is 3.52. The van der Waals surface area contributed by atoms with E-state index in [1.165, 1.54) is 24.5 Å². The number of hydrogen-bond donors (Lipinski definition) is 1. The van der Waals surface area contributed by atoms with Crippen molar-refractivity contribution in [1.82, 2.24) is 5.32 Å². The second-order valence-corrected chi connectivity index (χ2v) is 7.65. The van der Waals surface area contributed by atoms with Crippen LogP contribution in [0.3, 0.4) is 0 Å². The molecule has 1 N–H and O–H groups in total. The van der Waals surface area contributed by atoms with Crippen LogP contribution in [0.1, 0.15) is 30.9 Å². The number of rotatable bonds is 8. The molecule has 2 unspecified atom stereocenters. The third-order valence-electron chi connectivity index (χ3n) is 5.34. The summed E-state index contributed by atoms with van der Waals surface area (Å²) in [7, 11) is 0. The predicted molar refractivity (Wildman–Crippen MR) is 110 cm³/mol. The zero-order chi connectivity index (χ0) is 20.3. The Morgan fingerprint density at radius 3 is 2.68 bits per heavy atom. The molecule has 28 heavy (non-hydrogen) atoms. The summed E-state index contributed by atoms with van der Waals surface area (Å²) in [5.74, 6) is 1.67. The number of nitriles is 1. The van der Waals surface area contributed by atoms with E-state index in [-0.39, 0.29) is 17.1 Å². The van der Waals surface area contributed by atoms with Gasteiger partial charge in [-0.2, -0.15) is 5.26 Å². The van der Waals surface area contributed by atoms with Crippen molar-refractivity contribution in [2.24, 2.45) is 11.8 Å². The highest BCUT2D eigenvalue weighted by Crippen LogP contribution is 2.43. The van der Waals surface area contributed by atoms with E-state index >= 15 is 0 Å². The van der Waals surface area contributed by atoms with Crippen molar-refractivity contribution < 1.29 is 9.53 Å². The van der Waals surface area contributed by atoms with Crippen LogP contribution in [0.25, 0.3) is 0 Å². The topological polar surface area (TPSA) is 62.1 Å². The van der Waals surface area contributed by atoms with Gasteiger partial charge in [-0.3, -0.25) is 4.79 Å². The van der Waals surface area contributed by atoms with Crippen LogP contribution in [0.5, 0.6) is 0 Å². The molecule has 2 atom stereocenters. The van der Waals surface area contributed by atoms with Gasteiger partial charge in [0.25, 0.3) is 0 Å². The zero-order valence-electron chi connectivity index (χ0n) is 16.5.